The van der Waals surface area contributed by atoms with Crippen molar-refractivity contribution in [1.29, 1.82) is 0 Å². The van der Waals surface area contributed by atoms with Crippen LogP contribution in [0.1, 0.15) is 24.3 Å². The maximum atomic E-state index is 12.4. The standard InChI is InChI=1S/C21H21N3O4/c1-24(13-15-10-11-17-18(12-15)27-14-26-17)20(25)9-5-8-19-22-21(23-28-19)16-6-3-2-4-7-16/h2-4,6-7,10-12H,5,8-9,13-14H2,1H3. The number of benzene rings is 2. The van der Waals surface area contributed by atoms with E-state index in [1.807, 2.05) is 48.5 Å². The van der Waals surface area contributed by atoms with Crippen LogP contribution in [0, 0.1) is 0 Å². The quantitative estimate of drug-likeness (QED) is 0.626. The Morgan fingerprint density at radius 1 is 1.11 bits per heavy atom. The molecular formula is C21H21N3O4. The van der Waals surface area contributed by atoms with Crippen LogP contribution in [0.4, 0.5) is 0 Å². The highest BCUT2D eigenvalue weighted by atomic mass is 16.7. The number of hydrogen-bond acceptors (Lipinski definition) is 6. The second-order valence-electron chi connectivity index (χ2n) is 6.67. The van der Waals surface area contributed by atoms with E-state index in [0.717, 1.165) is 22.6 Å². The van der Waals surface area contributed by atoms with Crippen LogP contribution in [0.2, 0.25) is 0 Å². The zero-order valence-electron chi connectivity index (χ0n) is 15.6. The number of rotatable bonds is 7. The Morgan fingerprint density at radius 3 is 2.79 bits per heavy atom. The first-order chi connectivity index (χ1) is 13.7. The number of carbonyl (C=O) groups excluding carboxylic acids is 1. The molecular weight excluding hydrogens is 358 g/mol. The number of amides is 1. The molecule has 0 N–H and O–H groups in total. The molecule has 2 heterocycles. The highest BCUT2D eigenvalue weighted by Gasteiger charge is 2.16. The van der Waals surface area contributed by atoms with Gasteiger partial charge in [0.05, 0.1) is 0 Å². The van der Waals surface area contributed by atoms with E-state index < -0.39 is 0 Å². The maximum absolute atomic E-state index is 12.4. The lowest BCUT2D eigenvalue weighted by Crippen LogP contribution is -2.25. The van der Waals surface area contributed by atoms with Crippen LogP contribution < -0.4 is 9.47 Å². The summed E-state index contributed by atoms with van der Waals surface area (Å²) in [6.07, 6.45) is 1.65. The molecule has 1 aliphatic rings. The molecule has 1 aliphatic heterocycles. The number of hydrogen-bond donors (Lipinski definition) is 0. The van der Waals surface area contributed by atoms with Crippen LogP contribution in [-0.2, 0) is 17.8 Å². The van der Waals surface area contributed by atoms with Gasteiger partial charge in [0, 0.05) is 32.0 Å². The van der Waals surface area contributed by atoms with Crippen molar-refractivity contribution in [3.8, 4) is 22.9 Å². The molecule has 0 aliphatic carbocycles. The van der Waals surface area contributed by atoms with Crippen molar-refractivity contribution in [3.05, 3.63) is 60.0 Å². The monoisotopic (exact) mass is 379 g/mol. The van der Waals surface area contributed by atoms with Gasteiger partial charge in [-0.3, -0.25) is 4.79 Å². The topological polar surface area (TPSA) is 77.7 Å². The predicted octanol–water partition coefficient (Wildman–Crippen LogP) is 3.45. The molecule has 0 radical (unpaired) electrons. The molecule has 3 aromatic rings. The summed E-state index contributed by atoms with van der Waals surface area (Å²) < 4.78 is 16.0. The summed E-state index contributed by atoms with van der Waals surface area (Å²) in [5.41, 5.74) is 1.92. The summed E-state index contributed by atoms with van der Waals surface area (Å²) in [6, 6.07) is 15.4. The molecule has 1 aromatic heterocycles. The van der Waals surface area contributed by atoms with Gasteiger partial charge in [0.25, 0.3) is 0 Å². The van der Waals surface area contributed by atoms with E-state index in [-0.39, 0.29) is 12.7 Å². The molecule has 144 valence electrons. The average Bonchev–Trinajstić information content (AvgIpc) is 3.37. The number of ether oxygens (including phenoxy) is 2. The fraction of sp³-hybridized carbons (Fsp3) is 0.286. The van der Waals surface area contributed by atoms with Crippen LogP contribution >= 0.6 is 0 Å². The van der Waals surface area contributed by atoms with Crippen molar-refractivity contribution in [3.63, 3.8) is 0 Å². The lowest BCUT2D eigenvalue weighted by Gasteiger charge is -2.17. The number of aromatic nitrogens is 2. The van der Waals surface area contributed by atoms with Gasteiger partial charge in [-0.2, -0.15) is 4.98 Å². The normalized spacial score (nSPS) is 12.2. The van der Waals surface area contributed by atoms with Gasteiger partial charge in [0.15, 0.2) is 11.5 Å². The lowest BCUT2D eigenvalue weighted by molar-refractivity contribution is -0.130. The molecule has 0 atom stereocenters. The highest BCUT2D eigenvalue weighted by molar-refractivity contribution is 5.75. The van der Waals surface area contributed by atoms with Gasteiger partial charge in [-0.25, -0.2) is 0 Å². The molecule has 0 spiro atoms. The first-order valence-corrected chi connectivity index (χ1v) is 9.19. The minimum atomic E-state index is 0.0699. The Kier molecular flexibility index (Phi) is 5.23. The largest absolute Gasteiger partial charge is 0.454 e. The summed E-state index contributed by atoms with van der Waals surface area (Å²) in [6.45, 7) is 0.767. The van der Waals surface area contributed by atoms with E-state index in [2.05, 4.69) is 10.1 Å². The van der Waals surface area contributed by atoms with Gasteiger partial charge >= 0.3 is 0 Å². The third kappa shape index (κ3) is 4.14. The summed E-state index contributed by atoms with van der Waals surface area (Å²) in [5, 5.41) is 4.00. The van der Waals surface area contributed by atoms with Gasteiger partial charge < -0.3 is 18.9 Å². The summed E-state index contributed by atoms with van der Waals surface area (Å²) >= 11 is 0. The van der Waals surface area contributed by atoms with Gasteiger partial charge in [-0.15, -0.1) is 0 Å². The Balaban J connectivity index is 1.26. The van der Waals surface area contributed by atoms with Gasteiger partial charge in [0.1, 0.15) is 0 Å². The second kappa shape index (κ2) is 8.12. The fourth-order valence-corrected chi connectivity index (χ4v) is 3.04. The Bertz CT molecular complexity index is 955. The maximum Gasteiger partial charge on any atom is 0.231 e. The van der Waals surface area contributed by atoms with E-state index in [0.29, 0.717) is 37.5 Å². The summed E-state index contributed by atoms with van der Waals surface area (Å²) in [5.74, 6) is 2.66. The molecule has 0 saturated heterocycles. The van der Waals surface area contributed by atoms with E-state index in [9.17, 15) is 4.79 Å². The van der Waals surface area contributed by atoms with Gasteiger partial charge in [0.2, 0.25) is 24.4 Å². The van der Waals surface area contributed by atoms with Gasteiger partial charge in [-0.05, 0) is 24.1 Å². The first kappa shape index (κ1) is 18.0. The van der Waals surface area contributed by atoms with Crippen LogP contribution in [0.5, 0.6) is 11.5 Å². The van der Waals surface area contributed by atoms with Crippen LogP contribution in [0.25, 0.3) is 11.4 Å². The number of fused-ring (bicyclic) bond motifs is 1. The smallest absolute Gasteiger partial charge is 0.231 e. The van der Waals surface area contributed by atoms with E-state index in [1.165, 1.54) is 0 Å². The SMILES string of the molecule is CN(Cc1ccc2c(c1)OCO2)C(=O)CCCc1nc(-c2ccccc2)no1. The second-order valence-corrected chi connectivity index (χ2v) is 6.67. The molecule has 0 unspecified atom stereocenters. The van der Waals surface area contributed by atoms with Crippen molar-refractivity contribution in [2.75, 3.05) is 13.8 Å². The molecule has 2 aromatic carbocycles. The van der Waals surface area contributed by atoms with Gasteiger partial charge in [-0.1, -0.05) is 41.6 Å². The predicted molar refractivity (Wildman–Crippen MR) is 102 cm³/mol. The molecule has 7 nitrogen and oxygen atoms in total. The molecule has 4 rings (SSSR count). The molecule has 7 heteroatoms. The first-order valence-electron chi connectivity index (χ1n) is 9.19. The minimum absolute atomic E-state index is 0.0699. The van der Waals surface area contributed by atoms with E-state index >= 15 is 0 Å². The fourth-order valence-electron chi connectivity index (χ4n) is 3.04. The van der Waals surface area contributed by atoms with Crippen molar-refractivity contribution in [2.45, 2.75) is 25.8 Å². The van der Waals surface area contributed by atoms with Crippen molar-refractivity contribution < 1.29 is 18.8 Å². The number of nitrogens with zero attached hydrogens (tertiary/aromatic N) is 3. The van der Waals surface area contributed by atoms with Crippen LogP contribution in [-0.4, -0.2) is 34.8 Å². The minimum Gasteiger partial charge on any atom is -0.454 e. The third-order valence-corrected chi connectivity index (χ3v) is 4.56. The molecule has 0 bridgehead atoms. The van der Waals surface area contributed by atoms with Crippen LogP contribution in [0.3, 0.4) is 0 Å². The van der Waals surface area contributed by atoms with Crippen molar-refractivity contribution >= 4 is 5.91 Å². The average molecular weight is 379 g/mol. The Labute approximate surface area is 162 Å². The highest BCUT2D eigenvalue weighted by Crippen LogP contribution is 2.32. The lowest BCUT2D eigenvalue weighted by atomic mass is 10.1. The zero-order chi connectivity index (χ0) is 19.3. The van der Waals surface area contributed by atoms with Crippen molar-refractivity contribution in [1.82, 2.24) is 15.0 Å². The molecule has 1 amide bonds. The number of aryl methyl sites for hydroxylation is 1. The van der Waals surface area contributed by atoms with Crippen molar-refractivity contribution in [2.24, 2.45) is 0 Å². The van der Waals surface area contributed by atoms with Crippen LogP contribution in [0.15, 0.2) is 53.1 Å². The molecule has 28 heavy (non-hydrogen) atoms. The molecule has 0 saturated carbocycles. The molecule has 0 fully saturated rings. The Hall–Kier alpha value is -3.35. The third-order valence-electron chi connectivity index (χ3n) is 4.56. The zero-order valence-corrected chi connectivity index (χ0v) is 15.6. The number of carbonyl (C=O) groups is 1. The van der Waals surface area contributed by atoms with E-state index in [1.54, 1.807) is 11.9 Å². The van der Waals surface area contributed by atoms with E-state index in [4.69, 9.17) is 14.0 Å². The summed E-state index contributed by atoms with van der Waals surface area (Å²) in [7, 11) is 1.80. The Morgan fingerprint density at radius 2 is 1.93 bits per heavy atom. The summed E-state index contributed by atoms with van der Waals surface area (Å²) in [4.78, 5) is 18.5.